The molecule has 1 aromatic carbocycles. The number of carbonyl (C=O) groups is 1. The van der Waals surface area contributed by atoms with Crippen molar-refractivity contribution < 1.29 is 17.9 Å². The average Bonchev–Trinajstić information content (AvgIpc) is 2.43. The highest BCUT2D eigenvalue weighted by Gasteiger charge is 2.23. The molecule has 1 fully saturated rings. The van der Waals surface area contributed by atoms with Gasteiger partial charge in [-0.3, -0.25) is 9.69 Å². The van der Waals surface area contributed by atoms with Gasteiger partial charge in [0, 0.05) is 19.6 Å². The van der Waals surface area contributed by atoms with Crippen molar-refractivity contribution >= 4 is 15.9 Å². The maximum Gasteiger partial charge on any atom is 0.238 e. The number of nitrogens with zero attached hydrogens (tertiary/aromatic N) is 1. The van der Waals surface area contributed by atoms with Crippen LogP contribution in [0.5, 0.6) is 0 Å². The Morgan fingerprint density at radius 2 is 1.83 bits per heavy atom. The van der Waals surface area contributed by atoms with E-state index in [0.29, 0.717) is 13.1 Å². The Morgan fingerprint density at radius 1 is 1.26 bits per heavy atom. The summed E-state index contributed by atoms with van der Waals surface area (Å²) in [5.74, 6) is -0.0678. The number of carbonyl (C=O) groups excluding carboxylic acids is 1. The molecule has 7 nitrogen and oxygen atoms in total. The summed E-state index contributed by atoms with van der Waals surface area (Å²) in [6, 6.07) is 6.14. The molecule has 3 N–H and O–H groups in total. The van der Waals surface area contributed by atoms with Gasteiger partial charge in [-0.1, -0.05) is 12.1 Å². The lowest BCUT2D eigenvalue weighted by molar-refractivity contribution is -0.126. The first-order valence-corrected chi connectivity index (χ1v) is 9.05. The normalized spacial score (nSPS) is 22.7. The van der Waals surface area contributed by atoms with Crippen molar-refractivity contribution in [3.05, 3.63) is 29.8 Å². The fourth-order valence-corrected chi connectivity index (χ4v) is 3.19. The van der Waals surface area contributed by atoms with Crippen molar-refractivity contribution in [3.8, 4) is 0 Å². The largest absolute Gasteiger partial charge is 0.373 e. The van der Waals surface area contributed by atoms with Crippen LogP contribution in [0, 0.1) is 0 Å². The summed E-state index contributed by atoms with van der Waals surface area (Å²) in [6.45, 7) is 6.13. The lowest BCUT2D eigenvalue weighted by Crippen LogP contribution is -2.49. The summed E-state index contributed by atoms with van der Waals surface area (Å²) in [6.07, 6.45) is 0.245. The topological polar surface area (TPSA) is 102 Å². The molecule has 0 spiro atoms. The standard InChI is InChI=1S/C15H23N3O4S/c1-11-8-18(9-12(2)22-11)10-15(19)17-7-13-3-5-14(6-4-13)23(16,20)21/h3-6,11-12H,7-10H2,1-2H3,(H,17,19)(H2,16,20,21)/t11-,12-/m0/s1. The number of hydrogen-bond donors (Lipinski definition) is 2. The lowest BCUT2D eigenvalue weighted by Gasteiger charge is -2.34. The Morgan fingerprint density at radius 3 is 2.35 bits per heavy atom. The van der Waals surface area contributed by atoms with Crippen LogP contribution < -0.4 is 10.5 Å². The number of rotatable bonds is 5. The maximum absolute atomic E-state index is 12.0. The Bertz CT molecular complexity index is 635. The highest BCUT2D eigenvalue weighted by Crippen LogP contribution is 2.10. The predicted molar refractivity (Wildman–Crippen MR) is 86.1 cm³/mol. The van der Waals surface area contributed by atoms with E-state index >= 15 is 0 Å². The van der Waals surface area contributed by atoms with Gasteiger partial charge in [0.25, 0.3) is 0 Å². The molecule has 128 valence electrons. The monoisotopic (exact) mass is 341 g/mol. The summed E-state index contributed by atoms with van der Waals surface area (Å²) in [5, 5.41) is 7.87. The van der Waals surface area contributed by atoms with E-state index in [9.17, 15) is 13.2 Å². The van der Waals surface area contributed by atoms with Crippen LogP contribution in [0.4, 0.5) is 0 Å². The molecule has 1 aliphatic rings. The van der Waals surface area contributed by atoms with Gasteiger partial charge in [-0.25, -0.2) is 13.6 Å². The molecule has 0 saturated carbocycles. The van der Waals surface area contributed by atoms with E-state index < -0.39 is 10.0 Å². The van der Waals surface area contributed by atoms with E-state index in [1.54, 1.807) is 12.1 Å². The van der Waals surface area contributed by atoms with E-state index in [1.165, 1.54) is 12.1 Å². The number of nitrogens with one attached hydrogen (secondary N) is 1. The van der Waals surface area contributed by atoms with Gasteiger partial charge >= 0.3 is 0 Å². The van der Waals surface area contributed by atoms with Gasteiger partial charge in [0.1, 0.15) is 0 Å². The van der Waals surface area contributed by atoms with Crippen molar-refractivity contribution in [2.24, 2.45) is 5.14 Å². The zero-order valence-corrected chi connectivity index (χ0v) is 14.2. The maximum atomic E-state index is 12.0. The van der Waals surface area contributed by atoms with E-state index in [4.69, 9.17) is 9.88 Å². The second kappa shape index (κ2) is 7.39. The molecule has 1 amide bonds. The number of nitrogens with two attached hydrogens (primary N) is 1. The molecular formula is C15H23N3O4S. The zero-order chi connectivity index (χ0) is 17.0. The predicted octanol–water partition coefficient (Wildman–Crippen LogP) is 0.0594. The third kappa shape index (κ3) is 5.58. The first-order chi connectivity index (χ1) is 10.7. The molecule has 0 radical (unpaired) electrons. The second-order valence-corrected chi connectivity index (χ2v) is 7.48. The van der Waals surface area contributed by atoms with Crippen molar-refractivity contribution in [2.45, 2.75) is 37.5 Å². The Hall–Kier alpha value is -1.48. The Balaban J connectivity index is 1.82. The van der Waals surface area contributed by atoms with Crippen LogP contribution in [-0.2, 0) is 26.1 Å². The first-order valence-electron chi connectivity index (χ1n) is 7.50. The smallest absolute Gasteiger partial charge is 0.238 e. The minimum Gasteiger partial charge on any atom is -0.373 e. The van der Waals surface area contributed by atoms with Crippen molar-refractivity contribution in [2.75, 3.05) is 19.6 Å². The van der Waals surface area contributed by atoms with Crippen LogP contribution >= 0.6 is 0 Å². The van der Waals surface area contributed by atoms with Gasteiger partial charge in [0.15, 0.2) is 0 Å². The first kappa shape index (κ1) is 17.9. The molecule has 0 unspecified atom stereocenters. The SMILES string of the molecule is C[C@H]1CN(CC(=O)NCc2ccc(S(N)(=O)=O)cc2)C[C@H](C)O1. The van der Waals surface area contributed by atoms with Crippen LogP contribution in [0.3, 0.4) is 0 Å². The van der Waals surface area contributed by atoms with E-state index in [-0.39, 0.29) is 23.0 Å². The Labute approximate surface area is 136 Å². The van der Waals surface area contributed by atoms with E-state index in [1.807, 2.05) is 13.8 Å². The number of hydrogen-bond acceptors (Lipinski definition) is 5. The molecule has 8 heteroatoms. The number of primary sulfonamides is 1. The molecule has 1 aliphatic heterocycles. The highest BCUT2D eigenvalue weighted by atomic mass is 32.2. The summed E-state index contributed by atoms with van der Waals surface area (Å²) >= 11 is 0. The highest BCUT2D eigenvalue weighted by molar-refractivity contribution is 7.89. The van der Waals surface area contributed by atoms with Crippen LogP contribution in [-0.4, -0.2) is 51.1 Å². The van der Waals surface area contributed by atoms with Crippen LogP contribution in [0.25, 0.3) is 0 Å². The number of ether oxygens (including phenoxy) is 1. The molecule has 1 saturated heterocycles. The van der Waals surface area contributed by atoms with Crippen LogP contribution in [0.2, 0.25) is 0 Å². The fourth-order valence-electron chi connectivity index (χ4n) is 2.67. The fraction of sp³-hybridized carbons (Fsp3) is 0.533. The third-order valence-electron chi connectivity index (χ3n) is 3.60. The van der Waals surface area contributed by atoms with Gasteiger partial charge < -0.3 is 10.1 Å². The molecule has 0 bridgehead atoms. The minimum absolute atomic E-state index is 0.0591. The summed E-state index contributed by atoms with van der Waals surface area (Å²) in [4.78, 5) is 14.1. The van der Waals surface area contributed by atoms with E-state index in [2.05, 4.69) is 10.2 Å². The molecule has 0 aromatic heterocycles. The van der Waals surface area contributed by atoms with Crippen molar-refractivity contribution in [1.82, 2.24) is 10.2 Å². The van der Waals surface area contributed by atoms with Gasteiger partial charge in [0.2, 0.25) is 15.9 Å². The third-order valence-corrected chi connectivity index (χ3v) is 4.53. The Kier molecular flexibility index (Phi) is 5.74. The number of amides is 1. The van der Waals surface area contributed by atoms with Gasteiger partial charge in [-0.15, -0.1) is 0 Å². The molecular weight excluding hydrogens is 318 g/mol. The molecule has 2 rings (SSSR count). The summed E-state index contributed by atoms with van der Waals surface area (Å²) < 4.78 is 28.0. The molecule has 23 heavy (non-hydrogen) atoms. The minimum atomic E-state index is -3.69. The van der Waals surface area contributed by atoms with Crippen molar-refractivity contribution in [1.29, 1.82) is 0 Å². The zero-order valence-electron chi connectivity index (χ0n) is 13.4. The van der Waals surface area contributed by atoms with Crippen LogP contribution in [0.1, 0.15) is 19.4 Å². The quantitative estimate of drug-likeness (QED) is 0.788. The van der Waals surface area contributed by atoms with Gasteiger partial charge in [0.05, 0.1) is 23.6 Å². The molecule has 0 aliphatic carbocycles. The number of benzene rings is 1. The number of sulfonamides is 1. The summed E-state index contributed by atoms with van der Waals surface area (Å²) in [7, 11) is -3.69. The molecule has 1 heterocycles. The van der Waals surface area contributed by atoms with E-state index in [0.717, 1.165) is 18.7 Å². The lowest BCUT2D eigenvalue weighted by atomic mass is 10.2. The van der Waals surface area contributed by atoms with Gasteiger partial charge in [-0.2, -0.15) is 0 Å². The molecule has 1 aromatic rings. The number of morpholine rings is 1. The average molecular weight is 341 g/mol. The van der Waals surface area contributed by atoms with Crippen LogP contribution in [0.15, 0.2) is 29.2 Å². The second-order valence-electron chi connectivity index (χ2n) is 5.92. The van der Waals surface area contributed by atoms with Crippen molar-refractivity contribution in [3.63, 3.8) is 0 Å². The summed E-state index contributed by atoms with van der Waals surface area (Å²) in [5.41, 5.74) is 0.814. The van der Waals surface area contributed by atoms with Gasteiger partial charge in [-0.05, 0) is 31.5 Å². The molecule has 2 atom stereocenters.